The minimum absolute atomic E-state index is 0.0278. The minimum atomic E-state index is -1.32. The zero-order valence-electron chi connectivity index (χ0n) is 23.8. The summed E-state index contributed by atoms with van der Waals surface area (Å²) in [6.07, 6.45) is -4.40. The molecule has 0 unspecified atom stereocenters. The van der Waals surface area contributed by atoms with Gasteiger partial charge >= 0.3 is 0 Å². The number of piperazine rings is 1. The zero-order chi connectivity index (χ0) is 30.0. The largest absolute Gasteiger partial charge is 0.497 e. The Morgan fingerprint density at radius 2 is 1.86 bits per heavy atom. The van der Waals surface area contributed by atoms with E-state index in [-0.39, 0.29) is 63.0 Å². The van der Waals surface area contributed by atoms with Gasteiger partial charge in [0.05, 0.1) is 32.2 Å². The zero-order valence-corrected chi connectivity index (χ0v) is 23.8. The lowest BCUT2D eigenvalue weighted by Gasteiger charge is -2.42. The van der Waals surface area contributed by atoms with Crippen molar-refractivity contribution >= 4 is 23.6 Å². The van der Waals surface area contributed by atoms with Gasteiger partial charge < -0.3 is 44.9 Å². The number of nitrogens with zero attached hydrogens (tertiary/aromatic N) is 3. The van der Waals surface area contributed by atoms with Crippen LogP contribution in [0.15, 0.2) is 24.3 Å². The molecule has 7 atom stereocenters. The standard InChI is InChI=1S/C28H39N5O9/c1-40-15-24(35)33-7-6-31-14-20(33)27(38)29-11-22-26(37)25(36)21(42-22)10-23(34)30-17-9-19(28(31)39)32(13-17)12-16-4-3-5-18(8-16)41-2/h3-5,8,17,19-22,25-26,36-37H,6-7,9-15H2,1-2H3,(H,29,38)(H,30,34)/t17-,19-,20-,21-,22+,25-,26+/m0/s1. The molecule has 0 radical (unpaired) electrons. The maximum Gasteiger partial charge on any atom is 0.249 e. The van der Waals surface area contributed by atoms with E-state index in [1.165, 1.54) is 12.0 Å². The van der Waals surface area contributed by atoms with Crippen LogP contribution in [0.1, 0.15) is 18.4 Å². The van der Waals surface area contributed by atoms with Crippen LogP contribution in [0.4, 0.5) is 0 Å². The minimum Gasteiger partial charge on any atom is -0.497 e. The molecule has 0 aromatic heterocycles. The highest BCUT2D eigenvalue weighted by Crippen LogP contribution is 2.27. The van der Waals surface area contributed by atoms with Crippen molar-refractivity contribution < 1.29 is 43.6 Å². The van der Waals surface area contributed by atoms with Gasteiger partial charge in [-0.3, -0.25) is 24.1 Å². The first-order valence-electron chi connectivity index (χ1n) is 14.2. The lowest BCUT2D eigenvalue weighted by Crippen LogP contribution is -2.64. The number of likely N-dealkylation sites (tertiary alicyclic amines) is 1. The molecule has 4 heterocycles. The van der Waals surface area contributed by atoms with Gasteiger partial charge in [0.1, 0.15) is 36.7 Å². The monoisotopic (exact) mass is 589 g/mol. The number of methoxy groups -OCH3 is 2. The van der Waals surface area contributed by atoms with Crippen LogP contribution in [-0.4, -0.2) is 145 Å². The van der Waals surface area contributed by atoms with Gasteiger partial charge in [0.25, 0.3) is 0 Å². The second kappa shape index (κ2) is 12.9. The molecule has 0 saturated carbocycles. The number of hydrogen-bond acceptors (Lipinski definition) is 10. The summed E-state index contributed by atoms with van der Waals surface area (Å²) in [4.78, 5) is 58.2. The maximum atomic E-state index is 14.0. The normalized spacial score (nSPS) is 32.5. The van der Waals surface area contributed by atoms with E-state index in [9.17, 15) is 29.4 Å². The summed E-state index contributed by atoms with van der Waals surface area (Å²) in [5.74, 6) is -0.769. The van der Waals surface area contributed by atoms with E-state index in [1.54, 1.807) is 12.0 Å². The average molecular weight is 590 g/mol. The van der Waals surface area contributed by atoms with Crippen LogP contribution < -0.4 is 15.4 Å². The third kappa shape index (κ3) is 6.37. The number of fused-ring (bicyclic) bond motifs is 6. The predicted molar refractivity (Wildman–Crippen MR) is 146 cm³/mol. The van der Waals surface area contributed by atoms with E-state index in [1.807, 2.05) is 29.2 Å². The first-order valence-corrected chi connectivity index (χ1v) is 14.2. The molecule has 4 N–H and O–H groups in total. The third-order valence-corrected chi connectivity index (χ3v) is 8.48. The molecular formula is C28H39N5O9. The topological polar surface area (TPSA) is 170 Å². The van der Waals surface area contributed by atoms with Gasteiger partial charge in [-0.25, -0.2) is 0 Å². The first kappa shape index (κ1) is 30.2. The SMILES string of the molecule is COCC(=O)N1CCN2C[C@H]1C(=O)NC[C@H]1O[C@@H](CC(=O)N[C@H]3C[C@@H](C2=O)N(Cc2cccc(OC)c2)C3)[C@H](O)[C@@H]1O. The van der Waals surface area contributed by atoms with E-state index in [0.29, 0.717) is 25.3 Å². The van der Waals surface area contributed by atoms with Crippen molar-refractivity contribution in [1.29, 1.82) is 0 Å². The molecule has 4 aliphatic heterocycles. The Morgan fingerprint density at radius 3 is 2.62 bits per heavy atom. The molecule has 5 rings (SSSR count). The molecule has 4 saturated heterocycles. The highest BCUT2D eigenvalue weighted by molar-refractivity contribution is 5.90. The molecule has 1 aromatic carbocycles. The van der Waals surface area contributed by atoms with E-state index >= 15 is 0 Å². The number of amides is 4. The quantitative estimate of drug-likeness (QED) is 0.287. The molecule has 6 bridgehead atoms. The Bertz CT molecular complexity index is 1180. The smallest absolute Gasteiger partial charge is 0.249 e. The second-order valence-electron chi connectivity index (χ2n) is 11.3. The summed E-state index contributed by atoms with van der Waals surface area (Å²) in [6, 6.07) is 5.61. The molecular weight excluding hydrogens is 550 g/mol. The van der Waals surface area contributed by atoms with Gasteiger partial charge in [-0.15, -0.1) is 0 Å². The molecule has 14 nitrogen and oxygen atoms in total. The lowest BCUT2D eigenvalue weighted by atomic mass is 10.0. The second-order valence-corrected chi connectivity index (χ2v) is 11.3. The maximum absolute atomic E-state index is 14.0. The van der Waals surface area contributed by atoms with Crippen molar-refractivity contribution in [3.05, 3.63) is 29.8 Å². The number of rotatable bonds is 5. The molecule has 1 aromatic rings. The van der Waals surface area contributed by atoms with Gasteiger partial charge in [-0.05, 0) is 24.1 Å². The molecule has 42 heavy (non-hydrogen) atoms. The Balaban J connectivity index is 1.43. The van der Waals surface area contributed by atoms with Crippen LogP contribution in [0.3, 0.4) is 0 Å². The van der Waals surface area contributed by atoms with Gasteiger partial charge in [0, 0.05) is 45.9 Å². The number of aliphatic hydroxyl groups excluding tert-OH is 2. The molecule has 14 heteroatoms. The predicted octanol–water partition coefficient (Wildman–Crippen LogP) is -2.55. The average Bonchev–Trinajstić information content (AvgIpc) is 3.49. The van der Waals surface area contributed by atoms with E-state index in [2.05, 4.69) is 10.6 Å². The van der Waals surface area contributed by atoms with Crippen LogP contribution in [-0.2, 0) is 35.2 Å². The molecule has 4 amide bonds. The van der Waals surface area contributed by atoms with Crippen LogP contribution in [0.2, 0.25) is 0 Å². The fraction of sp³-hybridized carbons (Fsp3) is 0.643. The number of aliphatic hydroxyl groups is 2. The number of carbonyl (C=O) groups excluding carboxylic acids is 4. The van der Waals surface area contributed by atoms with Crippen LogP contribution >= 0.6 is 0 Å². The van der Waals surface area contributed by atoms with Gasteiger partial charge in [-0.2, -0.15) is 0 Å². The number of hydrogen-bond donors (Lipinski definition) is 4. The van der Waals surface area contributed by atoms with Crippen molar-refractivity contribution in [3.8, 4) is 5.75 Å². The number of benzene rings is 1. The molecule has 230 valence electrons. The number of ether oxygens (including phenoxy) is 3. The summed E-state index contributed by atoms with van der Waals surface area (Å²) < 4.78 is 16.1. The summed E-state index contributed by atoms with van der Waals surface area (Å²) in [5, 5.41) is 26.8. The lowest BCUT2D eigenvalue weighted by molar-refractivity contribution is -0.152. The van der Waals surface area contributed by atoms with Crippen LogP contribution in [0, 0.1) is 0 Å². The highest BCUT2D eigenvalue weighted by Gasteiger charge is 2.46. The van der Waals surface area contributed by atoms with E-state index in [4.69, 9.17) is 14.2 Å². The fourth-order valence-electron chi connectivity index (χ4n) is 6.32. The fourth-order valence-corrected chi connectivity index (χ4v) is 6.32. The van der Waals surface area contributed by atoms with Crippen LogP contribution in [0.5, 0.6) is 5.75 Å². The van der Waals surface area contributed by atoms with Crippen molar-refractivity contribution in [1.82, 2.24) is 25.3 Å². The number of nitrogens with one attached hydrogen (secondary N) is 2. The molecule has 4 fully saturated rings. The van der Waals surface area contributed by atoms with Gasteiger partial charge in [0.2, 0.25) is 23.6 Å². The Kier molecular flexibility index (Phi) is 9.28. The summed E-state index contributed by atoms with van der Waals surface area (Å²) >= 11 is 0. The van der Waals surface area contributed by atoms with Crippen LogP contribution in [0.25, 0.3) is 0 Å². The van der Waals surface area contributed by atoms with Crippen molar-refractivity contribution in [3.63, 3.8) is 0 Å². The van der Waals surface area contributed by atoms with Crippen molar-refractivity contribution in [2.24, 2.45) is 0 Å². The Labute approximate surface area is 243 Å². The summed E-state index contributed by atoms with van der Waals surface area (Å²) in [5.41, 5.74) is 0.930. The van der Waals surface area contributed by atoms with E-state index in [0.717, 1.165) is 5.56 Å². The van der Waals surface area contributed by atoms with E-state index < -0.39 is 42.4 Å². The number of carbonyl (C=O) groups is 4. The third-order valence-electron chi connectivity index (χ3n) is 8.48. The van der Waals surface area contributed by atoms with Gasteiger partial charge in [-0.1, -0.05) is 12.1 Å². The van der Waals surface area contributed by atoms with Crippen molar-refractivity contribution in [2.45, 2.75) is 61.9 Å². The highest BCUT2D eigenvalue weighted by atomic mass is 16.5. The Hall–Kier alpha value is -3.30. The van der Waals surface area contributed by atoms with Gasteiger partial charge in [0.15, 0.2) is 0 Å². The van der Waals surface area contributed by atoms with Crippen molar-refractivity contribution in [2.75, 3.05) is 53.6 Å². The summed E-state index contributed by atoms with van der Waals surface area (Å²) in [7, 11) is 2.98. The Morgan fingerprint density at radius 1 is 1.07 bits per heavy atom. The first-order chi connectivity index (χ1) is 20.2. The molecule has 0 spiro atoms. The summed E-state index contributed by atoms with van der Waals surface area (Å²) in [6.45, 7) is 0.804. The molecule has 4 aliphatic rings. The molecule has 0 aliphatic carbocycles.